The number of ether oxygens (including phenoxy) is 1. The van der Waals surface area contributed by atoms with E-state index in [-0.39, 0.29) is 16.6 Å². The zero-order valence-electron chi connectivity index (χ0n) is 24.1. The molecular formula is C36H36N2O2. The molecule has 5 aromatic rings. The molecular weight excluding hydrogens is 492 g/mol. The van der Waals surface area contributed by atoms with Crippen molar-refractivity contribution in [3.63, 3.8) is 0 Å². The van der Waals surface area contributed by atoms with Crippen molar-refractivity contribution >= 4 is 0 Å². The fourth-order valence-corrected chi connectivity index (χ4v) is 4.68. The van der Waals surface area contributed by atoms with Gasteiger partial charge in [0, 0.05) is 28.8 Å². The molecule has 2 aromatic heterocycles. The Kier molecular flexibility index (Phi) is 7.20. The lowest BCUT2D eigenvalue weighted by Gasteiger charge is -2.27. The number of aromatic hydroxyl groups is 1. The van der Waals surface area contributed by atoms with Gasteiger partial charge in [0.2, 0.25) is 11.8 Å². The number of phenols is 1. The van der Waals surface area contributed by atoms with E-state index >= 15 is 0 Å². The summed E-state index contributed by atoms with van der Waals surface area (Å²) in [7, 11) is 0. The summed E-state index contributed by atoms with van der Waals surface area (Å²) in [6.07, 6.45) is 0. The van der Waals surface area contributed by atoms with Crippen molar-refractivity contribution in [1.29, 1.82) is 0 Å². The zero-order valence-corrected chi connectivity index (χ0v) is 24.1. The Bertz CT molecular complexity index is 1630. The lowest BCUT2D eigenvalue weighted by atomic mass is 9.78. The quantitative estimate of drug-likeness (QED) is 0.247. The van der Waals surface area contributed by atoms with Crippen LogP contribution in [0.4, 0.5) is 0 Å². The molecule has 0 spiro atoms. The number of rotatable bonds is 5. The third-order valence-electron chi connectivity index (χ3n) is 6.97. The minimum atomic E-state index is -0.252. The molecule has 0 saturated carbocycles. The maximum atomic E-state index is 11.6. The topological polar surface area (TPSA) is 55.2 Å². The van der Waals surface area contributed by atoms with Crippen LogP contribution in [0.25, 0.3) is 33.6 Å². The molecule has 40 heavy (non-hydrogen) atoms. The third kappa shape index (κ3) is 5.91. The van der Waals surface area contributed by atoms with Gasteiger partial charge >= 0.3 is 0 Å². The fourth-order valence-electron chi connectivity index (χ4n) is 4.68. The zero-order chi connectivity index (χ0) is 28.5. The fraction of sp³-hybridized carbons (Fsp3) is 0.222. The first kappa shape index (κ1) is 27.1. The van der Waals surface area contributed by atoms with E-state index in [1.54, 1.807) is 0 Å². The van der Waals surface area contributed by atoms with E-state index in [1.165, 1.54) is 0 Å². The second-order valence-electron chi connectivity index (χ2n) is 12.2. The van der Waals surface area contributed by atoms with Crippen LogP contribution in [0.1, 0.15) is 52.7 Å². The number of pyridine rings is 2. The highest BCUT2D eigenvalue weighted by atomic mass is 16.5. The van der Waals surface area contributed by atoms with Crippen molar-refractivity contribution < 1.29 is 9.84 Å². The normalized spacial score (nSPS) is 11.8. The summed E-state index contributed by atoms with van der Waals surface area (Å²) in [5, 5.41) is 11.6. The first-order valence-electron chi connectivity index (χ1n) is 13.7. The molecule has 202 valence electrons. The average molecular weight is 529 g/mol. The van der Waals surface area contributed by atoms with Crippen LogP contribution in [0, 0.1) is 0 Å². The van der Waals surface area contributed by atoms with Gasteiger partial charge < -0.3 is 9.84 Å². The largest absolute Gasteiger partial charge is 0.507 e. The molecule has 4 heteroatoms. The van der Waals surface area contributed by atoms with Gasteiger partial charge in [0.25, 0.3) is 0 Å². The third-order valence-corrected chi connectivity index (χ3v) is 6.97. The Labute approximate surface area is 237 Å². The summed E-state index contributed by atoms with van der Waals surface area (Å²) in [6, 6.07) is 34.0. The Balaban J connectivity index is 1.67. The highest BCUT2D eigenvalue weighted by Crippen LogP contribution is 2.43. The monoisotopic (exact) mass is 528 g/mol. The van der Waals surface area contributed by atoms with Crippen LogP contribution in [0.5, 0.6) is 17.5 Å². The molecule has 0 atom stereocenters. The average Bonchev–Trinajstić information content (AvgIpc) is 2.93. The van der Waals surface area contributed by atoms with Crippen molar-refractivity contribution in [1.82, 2.24) is 9.97 Å². The van der Waals surface area contributed by atoms with Gasteiger partial charge in [-0.15, -0.1) is 0 Å². The van der Waals surface area contributed by atoms with E-state index in [0.29, 0.717) is 23.0 Å². The molecule has 0 bridgehead atoms. The minimum Gasteiger partial charge on any atom is -0.507 e. The van der Waals surface area contributed by atoms with E-state index in [2.05, 4.69) is 65.8 Å². The SMILES string of the molecule is CC(C)(C)c1cc(-c2cc(-c3ccccc3)cc(Oc3cccc(-c4ccccc4)n3)n2)c(O)c(C(C)(C)C)c1. The highest BCUT2D eigenvalue weighted by Gasteiger charge is 2.26. The van der Waals surface area contributed by atoms with Crippen LogP contribution in [0.3, 0.4) is 0 Å². The van der Waals surface area contributed by atoms with E-state index < -0.39 is 0 Å². The van der Waals surface area contributed by atoms with Crippen LogP contribution in [0.2, 0.25) is 0 Å². The summed E-state index contributed by atoms with van der Waals surface area (Å²) in [4.78, 5) is 9.65. The van der Waals surface area contributed by atoms with Crippen molar-refractivity contribution in [3.8, 4) is 51.2 Å². The van der Waals surface area contributed by atoms with Crippen molar-refractivity contribution in [2.24, 2.45) is 0 Å². The molecule has 0 radical (unpaired) electrons. The lowest BCUT2D eigenvalue weighted by molar-refractivity contribution is 0.443. The second-order valence-corrected chi connectivity index (χ2v) is 12.2. The van der Waals surface area contributed by atoms with Gasteiger partial charge in [-0.05, 0) is 45.7 Å². The van der Waals surface area contributed by atoms with Gasteiger partial charge in [-0.1, -0.05) is 114 Å². The minimum absolute atomic E-state index is 0.110. The summed E-state index contributed by atoms with van der Waals surface area (Å²) in [6.45, 7) is 12.9. The molecule has 0 aliphatic heterocycles. The van der Waals surface area contributed by atoms with Crippen molar-refractivity contribution in [2.75, 3.05) is 0 Å². The number of hydrogen-bond donors (Lipinski definition) is 1. The summed E-state index contributed by atoms with van der Waals surface area (Å²) < 4.78 is 6.30. The molecule has 4 nitrogen and oxygen atoms in total. The van der Waals surface area contributed by atoms with Crippen LogP contribution >= 0.6 is 0 Å². The molecule has 5 rings (SSSR count). The summed E-state index contributed by atoms with van der Waals surface area (Å²) >= 11 is 0. The van der Waals surface area contributed by atoms with Gasteiger partial charge in [0.05, 0.1) is 11.4 Å². The molecule has 2 heterocycles. The molecule has 1 N–H and O–H groups in total. The maximum Gasteiger partial charge on any atom is 0.222 e. The molecule has 0 aliphatic carbocycles. The van der Waals surface area contributed by atoms with E-state index in [4.69, 9.17) is 14.7 Å². The van der Waals surface area contributed by atoms with Crippen LogP contribution < -0.4 is 4.74 Å². The van der Waals surface area contributed by atoms with E-state index in [9.17, 15) is 5.11 Å². The first-order valence-corrected chi connectivity index (χ1v) is 13.7. The van der Waals surface area contributed by atoms with E-state index in [1.807, 2.05) is 78.9 Å². The number of phenolic OH excluding ortho intramolecular Hbond substituents is 1. The Hall–Kier alpha value is -4.44. The predicted molar refractivity (Wildman–Crippen MR) is 164 cm³/mol. The molecule has 0 unspecified atom stereocenters. The number of nitrogens with zero attached hydrogens (tertiary/aromatic N) is 2. The van der Waals surface area contributed by atoms with Gasteiger partial charge in [-0.3, -0.25) is 0 Å². The van der Waals surface area contributed by atoms with Gasteiger partial charge in [0.15, 0.2) is 0 Å². The number of aromatic nitrogens is 2. The van der Waals surface area contributed by atoms with E-state index in [0.717, 1.165) is 33.5 Å². The highest BCUT2D eigenvalue weighted by molar-refractivity contribution is 5.77. The standard InChI is InChI=1S/C36H36N2O2/c1-35(2,3)27-22-28(34(39)29(23-27)36(4,5)6)31-20-26(24-14-9-7-10-15-24)21-33(38-31)40-32-19-13-18-30(37-32)25-16-11-8-12-17-25/h7-23,39H,1-6H3. The smallest absolute Gasteiger partial charge is 0.222 e. The molecule has 0 saturated heterocycles. The van der Waals surface area contributed by atoms with Crippen LogP contribution in [-0.4, -0.2) is 15.1 Å². The lowest BCUT2D eigenvalue weighted by Crippen LogP contribution is -2.17. The number of benzene rings is 3. The number of hydrogen-bond acceptors (Lipinski definition) is 4. The van der Waals surface area contributed by atoms with Gasteiger partial charge in [-0.2, -0.15) is 0 Å². The second kappa shape index (κ2) is 10.6. The van der Waals surface area contributed by atoms with Crippen LogP contribution in [0.15, 0.2) is 103 Å². The molecule has 3 aromatic carbocycles. The van der Waals surface area contributed by atoms with Crippen molar-refractivity contribution in [3.05, 3.63) is 114 Å². The van der Waals surface area contributed by atoms with Gasteiger partial charge in [-0.25, -0.2) is 9.97 Å². The molecule has 0 fully saturated rings. The first-order chi connectivity index (χ1) is 19.0. The summed E-state index contributed by atoms with van der Waals surface area (Å²) in [5.74, 6) is 1.10. The Morgan fingerprint density at radius 3 is 1.80 bits per heavy atom. The Morgan fingerprint density at radius 2 is 1.18 bits per heavy atom. The molecule has 0 aliphatic rings. The predicted octanol–water partition coefficient (Wildman–Crippen LogP) is 9.57. The maximum absolute atomic E-state index is 11.6. The summed E-state index contributed by atoms with van der Waals surface area (Å²) in [5.41, 5.74) is 6.80. The van der Waals surface area contributed by atoms with Gasteiger partial charge in [0.1, 0.15) is 5.75 Å². The Morgan fingerprint density at radius 1 is 0.550 bits per heavy atom. The molecule has 0 amide bonds. The van der Waals surface area contributed by atoms with Crippen molar-refractivity contribution in [2.45, 2.75) is 52.4 Å². The van der Waals surface area contributed by atoms with Crippen LogP contribution in [-0.2, 0) is 10.8 Å².